The van der Waals surface area contributed by atoms with Crippen molar-refractivity contribution in [3.8, 4) is 0 Å². The number of rotatable bonds is 8. The molecule has 130 valence electrons. The van der Waals surface area contributed by atoms with Gasteiger partial charge < -0.3 is 16.2 Å². The first-order chi connectivity index (χ1) is 11.5. The summed E-state index contributed by atoms with van der Waals surface area (Å²) >= 11 is 1.75. The lowest BCUT2D eigenvalue weighted by molar-refractivity contribution is -0.131. The topological polar surface area (TPSA) is 75.3 Å². The van der Waals surface area contributed by atoms with E-state index < -0.39 is 18.1 Å². The van der Waals surface area contributed by atoms with E-state index in [1.807, 2.05) is 49.4 Å². The van der Waals surface area contributed by atoms with E-state index in [4.69, 9.17) is 5.73 Å². The number of aliphatic hydroxyl groups excluding tert-OH is 1. The van der Waals surface area contributed by atoms with Crippen LogP contribution >= 0.6 is 11.8 Å². The number of aliphatic hydroxyl groups is 1. The van der Waals surface area contributed by atoms with Crippen molar-refractivity contribution in [3.05, 3.63) is 48.0 Å². The van der Waals surface area contributed by atoms with E-state index in [-0.39, 0.29) is 6.04 Å². The Balaban J connectivity index is 2.02. The summed E-state index contributed by atoms with van der Waals surface area (Å²) in [5, 5.41) is 15.3. The molecule has 1 amide bonds. The maximum atomic E-state index is 12.3. The van der Waals surface area contributed by atoms with Gasteiger partial charge in [0.25, 0.3) is 5.91 Å². The summed E-state index contributed by atoms with van der Waals surface area (Å²) in [6.45, 7) is 4.00. The molecule has 5 heteroatoms. The van der Waals surface area contributed by atoms with E-state index in [1.54, 1.807) is 11.8 Å². The number of thioether (sulfide) groups is 1. The quantitative estimate of drug-likeness (QED) is 0.643. The van der Waals surface area contributed by atoms with E-state index >= 15 is 0 Å². The van der Waals surface area contributed by atoms with Crippen molar-refractivity contribution >= 4 is 28.4 Å². The number of carbonyl (C=O) groups is 1. The molecule has 0 radical (unpaired) electrons. The summed E-state index contributed by atoms with van der Waals surface area (Å²) in [5.41, 5.74) is 6.97. The Morgan fingerprint density at radius 2 is 1.96 bits per heavy atom. The average molecular weight is 346 g/mol. The highest BCUT2D eigenvalue weighted by atomic mass is 32.2. The molecular formula is C19H26N2O2S. The third-order valence-corrected chi connectivity index (χ3v) is 5.06. The minimum absolute atomic E-state index is 0.199. The highest BCUT2D eigenvalue weighted by molar-refractivity contribution is 7.99. The molecular weight excluding hydrogens is 320 g/mol. The number of hydrogen-bond acceptors (Lipinski definition) is 4. The summed E-state index contributed by atoms with van der Waals surface area (Å²) in [6, 6.07) is 13.3. The maximum absolute atomic E-state index is 12.3. The first-order valence-electron chi connectivity index (χ1n) is 8.34. The van der Waals surface area contributed by atoms with Gasteiger partial charge in [0.1, 0.15) is 6.10 Å². The molecule has 0 heterocycles. The van der Waals surface area contributed by atoms with Crippen LogP contribution in [0, 0.1) is 0 Å². The molecule has 2 aromatic carbocycles. The van der Waals surface area contributed by atoms with E-state index in [0.29, 0.717) is 6.42 Å². The molecule has 0 saturated carbocycles. The average Bonchev–Trinajstić information content (AvgIpc) is 2.60. The molecule has 0 aliphatic carbocycles. The van der Waals surface area contributed by atoms with Crippen LogP contribution in [0.25, 0.3) is 10.8 Å². The second-order valence-electron chi connectivity index (χ2n) is 5.89. The fourth-order valence-corrected chi connectivity index (χ4v) is 3.45. The minimum atomic E-state index is -1.18. The normalized spacial score (nSPS) is 15.0. The minimum Gasteiger partial charge on any atom is -0.382 e. The van der Waals surface area contributed by atoms with Crippen LogP contribution in [-0.2, 0) is 4.79 Å². The van der Waals surface area contributed by atoms with Crippen molar-refractivity contribution < 1.29 is 9.90 Å². The van der Waals surface area contributed by atoms with Gasteiger partial charge in [0.15, 0.2) is 0 Å². The van der Waals surface area contributed by atoms with Crippen molar-refractivity contribution in [1.82, 2.24) is 5.32 Å². The molecule has 0 aliphatic rings. The molecule has 0 bridgehead atoms. The number of fused-ring (bicyclic) bond motifs is 1. The fraction of sp³-hybridized carbons (Fsp3) is 0.421. The summed E-state index contributed by atoms with van der Waals surface area (Å²) in [7, 11) is 0. The number of amides is 1. The van der Waals surface area contributed by atoms with Crippen LogP contribution in [0.3, 0.4) is 0 Å². The van der Waals surface area contributed by atoms with Gasteiger partial charge in [0.05, 0.1) is 6.04 Å². The van der Waals surface area contributed by atoms with Crippen molar-refractivity contribution in [1.29, 1.82) is 0 Å². The molecule has 2 rings (SSSR count). The molecule has 1 unspecified atom stereocenters. The molecule has 2 aromatic rings. The van der Waals surface area contributed by atoms with Gasteiger partial charge in [-0.15, -0.1) is 0 Å². The Morgan fingerprint density at radius 3 is 2.71 bits per heavy atom. The van der Waals surface area contributed by atoms with E-state index in [1.165, 1.54) is 0 Å². The standard InChI is InChI=1S/C19H26N2O2S/c1-3-24-12-11-17(20)18(22)19(23)21-13(2)15-10-6-8-14-7-4-5-9-16(14)15/h4-10,13,17-18,22H,3,11-12,20H2,1-2H3,(H,21,23)/t13-,17+,18?/m0/s1. The molecule has 0 fully saturated rings. The Bertz CT molecular complexity index is 672. The zero-order chi connectivity index (χ0) is 17.5. The van der Waals surface area contributed by atoms with Crippen molar-refractivity contribution in [2.45, 2.75) is 38.5 Å². The Kier molecular flexibility index (Phi) is 7.09. The predicted molar refractivity (Wildman–Crippen MR) is 102 cm³/mol. The molecule has 24 heavy (non-hydrogen) atoms. The highest BCUT2D eigenvalue weighted by Gasteiger charge is 2.24. The molecule has 0 aliphatic heterocycles. The lowest BCUT2D eigenvalue weighted by Gasteiger charge is -2.22. The van der Waals surface area contributed by atoms with Crippen molar-refractivity contribution in [2.24, 2.45) is 5.73 Å². The zero-order valence-electron chi connectivity index (χ0n) is 14.2. The first kappa shape index (κ1) is 18.8. The number of nitrogens with two attached hydrogens (primary N) is 1. The van der Waals surface area contributed by atoms with Crippen molar-refractivity contribution in [2.75, 3.05) is 11.5 Å². The van der Waals surface area contributed by atoms with Gasteiger partial charge in [0, 0.05) is 6.04 Å². The van der Waals surface area contributed by atoms with Crippen LogP contribution in [0.5, 0.6) is 0 Å². The number of hydrogen-bond donors (Lipinski definition) is 3. The summed E-state index contributed by atoms with van der Waals surface area (Å²) < 4.78 is 0. The summed E-state index contributed by atoms with van der Waals surface area (Å²) in [4.78, 5) is 12.3. The third kappa shape index (κ3) is 4.72. The monoisotopic (exact) mass is 346 g/mol. The van der Waals surface area contributed by atoms with Gasteiger partial charge in [-0.25, -0.2) is 0 Å². The maximum Gasteiger partial charge on any atom is 0.250 e. The van der Waals surface area contributed by atoms with E-state index in [0.717, 1.165) is 27.8 Å². The van der Waals surface area contributed by atoms with Crippen LogP contribution in [0.4, 0.5) is 0 Å². The number of carbonyl (C=O) groups excluding carboxylic acids is 1. The van der Waals surface area contributed by atoms with E-state index in [9.17, 15) is 9.90 Å². The van der Waals surface area contributed by atoms with Crippen LogP contribution in [0.15, 0.2) is 42.5 Å². The number of nitrogens with one attached hydrogen (secondary N) is 1. The van der Waals surface area contributed by atoms with Crippen LogP contribution in [0.1, 0.15) is 31.9 Å². The lowest BCUT2D eigenvalue weighted by atomic mass is 9.99. The van der Waals surface area contributed by atoms with Gasteiger partial charge >= 0.3 is 0 Å². The Morgan fingerprint density at radius 1 is 1.25 bits per heavy atom. The van der Waals surface area contributed by atoms with Gasteiger partial charge in [-0.2, -0.15) is 11.8 Å². The molecule has 0 aromatic heterocycles. The largest absolute Gasteiger partial charge is 0.382 e. The number of benzene rings is 2. The Labute approximate surface area is 147 Å². The molecule has 4 nitrogen and oxygen atoms in total. The van der Waals surface area contributed by atoms with Crippen molar-refractivity contribution in [3.63, 3.8) is 0 Å². The van der Waals surface area contributed by atoms with Crippen LogP contribution in [0.2, 0.25) is 0 Å². The fourth-order valence-electron chi connectivity index (χ4n) is 2.72. The second kappa shape index (κ2) is 9.06. The Hall–Kier alpha value is -1.56. The SMILES string of the molecule is CCSCC[C@@H](N)C(O)C(=O)N[C@@H](C)c1cccc2ccccc12. The second-order valence-corrected chi connectivity index (χ2v) is 7.29. The van der Waals surface area contributed by atoms with Gasteiger partial charge in [0.2, 0.25) is 0 Å². The smallest absolute Gasteiger partial charge is 0.250 e. The first-order valence-corrected chi connectivity index (χ1v) is 9.49. The van der Waals surface area contributed by atoms with Gasteiger partial charge in [-0.05, 0) is 41.2 Å². The third-order valence-electron chi connectivity index (χ3n) is 4.12. The molecule has 3 atom stereocenters. The predicted octanol–water partition coefficient (Wildman–Crippen LogP) is 2.85. The van der Waals surface area contributed by atoms with Crippen LogP contribution in [-0.4, -0.2) is 34.7 Å². The van der Waals surface area contributed by atoms with Gasteiger partial charge in [-0.1, -0.05) is 49.4 Å². The zero-order valence-corrected chi connectivity index (χ0v) is 15.1. The highest BCUT2D eigenvalue weighted by Crippen LogP contribution is 2.24. The summed E-state index contributed by atoms with van der Waals surface area (Å²) in [6.07, 6.45) is -0.560. The van der Waals surface area contributed by atoms with E-state index in [2.05, 4.69) is 12.2 Å². The molecule has 0 saturated heterocycles. The molecule has 4 N–H and O–H groups in total. The van der Waals surface area contributed by atoms with Crippen LogP contribution < -0.4 is 11.1 Å². The molecule has 0 spiro atoms. The summed E-state index contributed by atoms with van der Waals surface area (Å²) in [5.74, 6) is 1.44. The lowest BCUT2D eigenvalue weighted by Crippen LogP contribution is -2.47. The van der Waals surface area contributed by atoms with Gasteiger partial charge in [-0.3, -0.25) is 4.79 Å².